The maximum Gasteiger partial charge on any atom is 0.0642 e. The van der Waals surface area contributed by atoms with Crippen molar-refractivity contribution < 1.29 is 4.74 Å². The van der Waals surface area contributed by atoms with Crippen LogP contribution in [0.5, 0.6) is 0 Å². The van der Waals surface area contributed by atoms with E-state index in [0.29, 0.717) is 13.2 Å². The number of hydrogen-bond acceptors (Lipinski definition) is 2. The van der Waals surface area contributed by atoms with Gasteiger partial charge in [0.2, 0.25) is 0 Å². The molecule has 0 fully saturated rings. The molecule has 3 heteroatoms. The van der Waals surface area contributed by atoms with Crippen molar-refractivity contribution in [3.63, 3.8) is 0 Å². The molecule has 0 aliphatic carbocycles. The van der Waals surface area contributed by atoms with Crippen LogP contribution in [-0.4, -0.2) is 18.3 Å². The Bertz CT molecular complexity index is 448. The first-order valence-electron chi connectivity index (χ1n) is 5.13. The molecular weight excluding hydrogens is 188 g/mol. The second-order valence-electron chi connectivity index (χ2n) is 3.54. The average molecular weight is 204 g/mol. The van der Waals surface area contributed by atoms with Crippen molar-refractivity contribution >= 4 is 10.9 Å². The van der Waals surface area contributed by atoms with E-state index in [1.165, 1.54) is 10.9 Å². The highest BCUT2D eigenvalue weighted by Crippen LogP contribution is 2.19. The number of hydrogen-bond donors (Lipinski definition) is 1. The number of nitrogens with two attached hydrogens (primary N) is 1. The van der Waals surface area contributed by atoms with Crippen LogP contribution in [0.4, 0.5) is 0 Å². The summed E-state index contributed by atoms with van der Waals surface area (Å²) in [7, 11) is 1.72. The van der Waals surface area contributed by atoms with Gasteiger partial charge in [-0.05, 0) is 17.5 Å². The van der Waals surface area contributed by atoms with E-state index in [2.05, 4.69) is 22.8 Å². The quantitative estimate of drug-likeness (QED) is 0.824. The largest absolute Gasteiger partial charge is 0.383 e. The third kappa shape index (κ3) is 1.89. The van der Waals surface area contributed by atoms with Crippen LogP contribution in [0.3, 0.4) is 0 Å². The van der Waals surface area contributed by atoms with Crippen molar-refractivity contribution in [1.82, 2.24) is 4.57 Å². The van der Waals surface area contributed by atoms with E-state index < -0.39 is 0 Å². The Morgan fingerprint density at radius 1 is 1.33 bits per heavy atom. The van der Waals surface area contributed by atoms with Gasteiger partial charge in [0.05, 0.1) is 6.61 Å². The van der Waals surface area contributed by atoms with Gasteiger partial charge in [-0.25, -0.2) is 0 Å². The predicted molar refractivity (Wildman–Crippen MR) is 61.7 cm³/mol. The smallest absolute Gasteiger partial charge is 0.0642 e. The molecule has 80 valence electrons. The van der Waals surface area contributed by atoms with Crippen LogP contribution >= 0.6 is 0 Å². The topological polar surface area (TPSA) is 40.2 Å². The van der Waals surface area contributed by atoms with Crippen LogP contribution in [0.15, 0.2) is 30.3 Å². The first-order chi connectivity index (χ1) is 7.36. The fourth-order valence-corrected chi connectivity index (χ4v) is 1.88. The van der Waals surface area contributed by atoms with Gasteiger partial charge in [-0.1, -0.05) is 18.2 Å². The van der Waals surface area contributed by atoms with E-state index >= 15 is 0 Å². The number of fused-ring (bicyclic) bond motifs is 1. The molecule has 1 aromatic carbocycles. The molecule has 0 amide bonds. The molecule has 0 aliphatic heterocycles. The molecule has 2 aromatic rings. The van der Waals surface area contributed by atoms with Crippen LogP contribution < -0.4 is 5.73 Å². The second kappa shape index (κ2) is 4.47. The normalized spacial score (nSPS) is 11.1. The fourth-order valence-electron chi connectivity index (χ4n) is 1.88. The zero-order chi connectivity index (χ0) is 10.7. The summed E-state index contributed by atoms with van der Waals surface area (Å²) in [6.45, 7) is 2.14. The van der Waals surface area contributed by atoms with E-state index in [4.69, 9.17) is 10.5 Å². The summed E-state index contributed by atoms with van der Waals surface area (Å²) in [4.78, 5) is 0. The minimum atomic E-state index is 0.568. The minimum absolute atomic E-state index is 0.568. The van der Waals surface area contributed by atoms with E-state index in [-0.39, 0.29) is 0 Å². The summed E-state index contributed by atoms with van der Waals surface area (Å²) in [6, 6.07) is 10.5. The highest BCUT2D eigenvalue weighted by molar-refractivity contribution is 5.81. The number of nitrogens with zero attached hydrogens (tertiary/aromatic N) is 1. The van der Waals surface area contributed by atoms with Crippen LogP contribution in [-0.2, 0) is 17.8 Å². The summed E-state index contributed by atoms with van der Waals surface area (Å²) in [5, 5.41) is 1.24. The summed E-state index contributed by atoms with van der Waals surface area (Å²) >= 11 is 0. The monoisotopic (exact) mass is 204 g/mol. The standard InChI is InChI=1S/C12H16N2O/c1-15-7-6-14-11(9-13)8-10-4-2-3-5-12(10)14/h2-5,8H,6-7,9,13H2,1H3. The molecule has 0 aliphatic rings. The lowest BCUT2D eigenvalue weighted by atomic mass is 10.2. The Kier molecular flexibility index (Phi) is 3.04. The van der Waals surface area contributed by atoms with E-state index in [1.54, 1.807) is 7.11 Å². The van der Waals surface area contributed by atoms with E-state index in [9.17, 15) is 0 Å². The van der Waals surface area contributed by atoms with Crippen LogP contribution in [0.2, 0.25) is 0 Å². The molecule has 15 heavy (non-hydrogen) atoms. The number of methoxy groups -OCH3 is 1. The van der Waals surface area contributed by atoms with Crippen molar-refractivity contribution in [3.8, 4) is 0 Å². The highest BCUT2D eigenvalue weighted by Gasteiger charge is 2.05. The van der Waals surface area contributed by atoms with Gasteiger partial charge in [-0.15, -0.1) is 0 Å². The predicted octanol–water partition coefficient (Wildman–Crippen LogP) is 1.75. The Labute approximate surface area is 89.4 Å². The molecule has 0 spiro atoms. The average Bonchev–Trinajstić information content (AvgIpc) is 2.64. The number of rotatable bonds is 4. The molecule has 0 saturated carbocycles. The second-order valence-corrected chi connectivity index (χ2v) is 3.54. The Balaban J connectivity index is 2.47. The van der Waals surface area contributed by atoms with Crippen molar-refractivity contribution in [2.75, 3.05) is 13.7 Å². The summed E-state index contributed by atoms with van der Waals surface area (Å²) in [5.41, 5.74) is 8.12. The molecule has 1 heterocycles. The Morgan fingerprint density at radius 2 is 2.13 bits per heavy atom. The Hall–Kier alpha value is -1.32. The zero-order valence-electron chi connectivity index (χ0n) is 8.94. The fraction of sp³-hybridized carbons (Fsp3) is 0.333. The molecule has 0 saturated heterocycles. The summed E-state index contributed by atoms with van der Waals surface area (Å²) in [6.07, 6.45) is 0. The van der Waals surface area contributed by atoms with E-state index in [1.807, 2.05) is 12.1 Å². The molecule has 2 N–H and O–H groups in total. The van der Waals surface area contributed by atoms with Crippen molar-refractivity contribution in [3.05, 3.63) is 36.0 Å². The molecule has 0 bridgehead atoms. The van der Waals surface area contributed by atoms with Crippen LogP contribution in [0, 0.1) is 0 Å². The van der Waals surface area contributed by atoms with Gasteiger partial charge in [-0.2, -0.15) is 0 Å². The number of ether oxygens (including phenoxy) is 1. The molecule has 0 atom stereocenters. The number of para-hydroxylation sites is 1. The first-order valence-corrected chi connectivity index (χ1v) is 5.13. The van der Waals surface area contributed by atoms with Crippen LogP contribution in [0.25, 0.3) is 10.9 Å². The van der Waals surface area contributed by atoms with Crippen LogP contribution in [0.1, 0.15) is 5.69 Å². The maximum absolute atomic E-state index is 5.72. The molecule has 1 aromatic heterocycles. The minimum Gasteiger partial charge on any atom is -0.383 e. The lowest BCUT2D eigenvalue weighted by molar-refractivity contribution is 0.187. The van der Waals surface area contributed by atoms with Gasteiger partial charge < -0.3 is 15.0 Å². The van der Waals surface area contributed by atoms with Crippen molar-refractivity contribution in [1.29, 1.82) is 0 Å². The van der Waals surface area contributed by atoms with Gasteiger partial charge in [-0.3, -0.25) is 0 Å². The van der Waals surface area contributed by atoms with Gasteiger partial charge >= 0.3 is 0 Å². The summed E-state index contributed by atoms with van der Waals surface area (Å²) in [5.74, 6) is 0. The van der Waals surface area contributed by atoms with Gasteiger partial charge in [0.1, 0.15) is 0 Å². The summed E-state index contributed by atoms with van der Waals surface area (Å²) < 4.78 is 7.32. The van der Waals surface area contributed by atoms with Crippen molar-refractivity contribution in [2.45, 2.75) is 13.1 Å². The first kappa shape index (κ1) is 10.2. The lowest BCUT2D eigenvalue weighted by Gasteiger charge is -2.08. The third-order valence-corrected chi connectivity index (χ3v) is 2.62. The van der Waals surface area contributed by atoms with Gasteiger partial charge in [0, 0.05) is 31.4 Å². The third-order valence-electron chi connectivity index (χ3n) is 2.62. The zero-order valence-corrected chi connectivity index (χ0v) is 8.94. The molecule has 0 unspecified atom stereocenters. The van der Waals surface area contributed by atoms with E-state index in [0.717, 1.165) is 12.2 Å². The Morgan fingerprint density at radius 3 is 2.87 bits per heavy atom. The highest BCUT2D eigenvalue weighted by atomic mass is 16.5. The number of aromatic nitrogens is 1. The molecule has 3 nitrogen and oxygen atoms in total. The van der Waals surface area contributed by atoms with Crippen molar-refractivity contribution in [2.24, 2.45) is 5.73 Å². The maximum atomic E-state index is 5.72. The molecular formula is C12H16N2O. The number of benzene rings is 1. The SMILES string of the molecule is COCCn1c(CN)cc2ccccc21. The van der Waals surface area contributed by atoms with Gasteiger partial charge in [0.25, 0.3) is 0 Å². The lowest BCUT2D eigenvalue weighted by Crippen LogP contribution is -2.10. The molecule has 0 radical (unpaired) electrons. The van der Waals surface area contributed by atoms with Gasteiger partial charge in [0.15, 0.2) is 0 Å². The molecule has 2 rings (SSSR count).